The van der Waals surface area contributed by atoms with Crippen molar-refractivity contribution in [2.45, 2.75) is 32.5 Å². The van der Waals surface area contributed by atoms with Gasteiger partial charge >= 0.3 is 6.09 Å². The summed E-state index contributed by atoms with van der Waals surface area (Å²) in [7, 11) is 0. The third-order valence-corrected chi connectivity index (χ3v) is 5.62. The molecule has 7 heteroatoms. The summed E-state index contributed by atoms with van der Waals surface area (Å²) in [6, 6.07) is 11.0. The van der Waals surface area contributed by atoms with Crippen molar-refractivity contribution < 1.29 is 13.9 Å². The SMILES string of the molecule is CC[C@H]1CN(c2ccc(-c3ccc4c(c3)CN(c3ncc[nH]3)C4)c(F)c2)C(=O)O1. The van der Waals surface area contributed by atoms with Gasteiger partial charge in [-0.15, -0.1) is 0 Å². The number of nitrogens with zero attached hydrogens (tertiary/aromatic N) is 3. The van der Waals surface area contributed by atoms with Crippen LogP contribution in [0.1, 0.15) is 24.5 Å². The molecule has 2 aliphatic rings. The van der Waals surface area contributed by atoms with Crippen molar-refractivity contribution in [3.8, 4) is 11.1 Å². The van der Waals surface area contributed by atoms with Crippen LogP contribution in [-0.2, 0) is 17.8 Å². The number of aromatic amines is 1. The van der Waals surface area contributed by atoms with E-state index in [1.165, 1.54) is 16.5 Å². The molecule has 0 bridgehead atoms. The maximum absolute atomic E-state index is 14.9. The number of halogens is 1. The molecule has 0 saturated carbocycles. The maximum Gasteiger partial charge on any atom is 0.414 e. The normalized spacial score (nSPS) is 18.3. The van der Waals surface area contributed by atoms with Gasteiger partial charge in [0.15, 0.2) is 0 Å². The predicted octanol–water partition coefficient (Wildman–Crippen LogP) is 4.47. The Balaban J connectivity index is 1.40. The van der Waals surface area contributed by atoms with Crippen molar-refractivity contribution in [3.05, 3.63) is 65.7 Å². The van der Waals surface area contributed by atoms with Crippen LogP contribution in [0.15, 0.2) is 48.8 Å². The van der Waals surface area contributed by atoms with Gasteiger partial charge in [-0.25, -0.2) is 14.2 Å². The average Bonchev–Trinajstić information content (AvgIpc) is 3.46. The number of carbonyl (C=O) groups excluding carboxylic acids is 1. The number of amides is 1. The van der Waals surface area contributed by atoms with Crippen LogP contribution in [0.3, 0.4) is 0 Å². The largest absolute Gasteiger partial charge is 0.444 e. The zero-order chi connectivity index (χ0) is 20.0. The Morgan fingerprint density at radius 2 is 2.07 bits per heavy atom. The van der Waals surface area contributed by atoms with E-state index in [-0.39, 0.29) is 11.9 Å². The molecule has 1 amide bonds. The zero-order valence-electron chi connectivity index (χ0n) is 16.1. The third kappa shape index (κ3) is 3.12. The molecule has 1 atom stereocenters. The minimum absolute atomic E-state index is 0.140. The van der Waals surface area contributed by atoms with E-state index in [9.17, 15) is 9.18 Å². The summed E-state index contributed by atoms with van der Waals surface area (Å²) in [6.07, 6.45) is 3.73. The second-order valence-corrected chi connectivity index (χ2v) is 7.44. The van der Waals surface area contributed by atoms with Gasteiger partial charge in [0.1, 0.15) is 11.9 Å². The fourth-order valence-electron chi connectivity index (χ4n) is 3.99. The number of H-pyrrole nitrogens is 1. The molecule has 0 spiro atoms. The summed E-state index contributed by atoms with van der Waals surface area (Å²) in [5.41, 5.74) is 4.25. The monoisotopic (exact) mass is 392 g/mol. The number of cyclic esters (lactones) is 1. The Kier molecular flexibility index (Phi) is 4.23. The summed E-state index contributed by atoms with van der Waals surface area (Å²) >= 11 is 0. The van der Waals surface area contributed by atoms with Gasteiger partial charge in [0, 0.05) is 31.0 Å². The van der Waals surface area contributed by atoms with E-state index in [1.807, 2.05) is 25.1 Å². The lowest BCUT2D eigenvalue weighted by molar-refractivity contribution is 0.139. The molecular formula is C22H21FN4O2. The van der Waals surface area contributed by atoms with Gasteiger partial charge < -0.3 is 14.6 Å². The minimum Gasteiger partial charge on any atom is -0.444 e. The molecule has 0 unspecified atom stereocenters. The molecule has 1 aromatic heterocycles. The minimum atomic E-state index is -0.417. The van der Waals surface area contributed by atoms with E-state index in [4.69, 9.17) is 4.74 Å². The number of rotatable bonds is 4. The van der Waals surface area contributed by atoms with Crippen LogP contribution in [0.4, 0.5) is 20.8 Å². The lowest BCUT2D eigenvalue weighted by atomic mass is 10.00. The van der Waals surface area contributed by atoms with Crippen molar-refractivity contribution in [1.29, 1.82) is 0 Å². The number of fused-ring (bicyclic) bond motifs is 1. The Morgan fingerprint density at radius 3 is 2.79 bits per heavy atom. The number of benzene rings is 2. The summed E-state index contributed by atoms with van der Waals surface area (Å²) in [6.45, 7) is 3.93. The number of carbonyl (C=O) groups is 1. The van der Waals surface area contributed by atoms with Gasteiger partial charge in [0.2, 0.25) is 5.95 Å². The van der Waals surface area contributed by atoms with Crippen molar-refractivity contribution in [3.63, 3.8) is 0 Å². The molecule has 3 aromatic rings. The Morgan fingerprint density at radius 1 is 1.21 bits per heavy atom. The highest BCUT2D eigenvalue weighted by Gasteiger charge is 2.31. The van der Waals surface area contributed by atoms with Crippen LogP contribution in [0.5, 0.6) is 0 Å². The smallest absolute Gasteiger partial charge is 0.414 e. The second-order valence-electron chi connectivity index (χ2n) is 7.44. The molecule has 0 aliphatic carbocycles. The van der Waals surface area contributed by atoms with Crippen LogP contribution in [0, 0.1) is 5.82 Å². The van der Waals surface area contributed by atoms with Crippen LogP contribution in [0.25, 0.3) is 11.1 Å². The fourth-order valence-corrected chi connectivity index (χ4v) is 3.99. The molecule has 5 rings (SSSR count). The first-order chi connectivity index (χ1) is 14.1. The van der Waals surface area contributed by atoms with Gasteiger partial charge in [0.05, 0.1) is 12.2 Å². The van der Waals surface area contributed by atoms with E-state index in [2.05, 4.69) is 14.9 Å². The topological polar surface area (TPSA) is 61.5 Å². The fraction of sp³-hybridized carbons (Fsp3) is 0.273. The average molecular weight is 392 g/mol. The van der Waals surface area contributed by atoms with E-state index < -0.39 is 6.09 Å². The quantitative estimate of drug-likeness (QED) is 0.712. The summed E-state index contributed by atoms with van der Waals surface area (Å²) in [5.74, 6) is 0.484. The number of imidazole rings is 1. The first-order valence-corrected chi connectivity index (χ1v) is 9.76. The maximum atomic E-state index is 14.9. The van der Waals surface area contributed by atoms with Crippen molar-refractivity contribution >= 4 is 17.7 Å². The van der Waals surface area contributed by atoms with Gasteiger partial charge in [-0.2, -0.15) is 0 Å². The van der Waals surface area contributed by atoms with Crippen LogP contribution < -0.4 is 9.80 Å². The molecule has 3 heterocycles. The number of anilines is 2. The van der Waals surface area contributed by atoms with Gasteiger partial charge in [0.25, 0.3) is 0 Å². The lowest BCUT2D eigenvalue weighted by Gasteiger charge is -2.14. The Bertz CT molecular complexity index is 1070. The second kappa shape index (κ2) is 6.92. The molecule has 6 nitrogen and oxygen atoms in total. The van der Waals surface area contributed by atoms with Crippen LogP contribution >= 0.6 is 0 Å². The number of nitrogens with one attached hydrogen (secondary N) is 1. The van der Waals surface area contributed by atoms with Gasteiger partial charge in [-0.3, -0.25) is 4.90 Å². The first-order valence-electron chi connectivity index (χ1n) is 9.76. The van der Waals surface area contributed by atoms with Gasteiger partial charge in [-0.05, 0) is 47.4 Å². The highest BCUT2D eigenvalue weighted by molar-refractivity contribution is 5.90. The van der Waals surface area contributed by atoms with E-state index in [1.54, 1.807) is 24.5 Å². The van der Waals surface area contributed by atoms with Crippen LogP contribution in [0.2, 0.25) is 0 Å². The molecule has 148 valence electrons. The van der Waals surface area contributed by atoms with Crippen molar-refractivity contribution in [1.82, 2.24) is 9.97 Å². The molecule has 0 radical (unpaired) electrons. The molecule has 2 aromatic carbocycles. The predicted molar refractivity (Wildman–Crippen MR) is 108 cm³/mol. The van der Waals surface area contributed by atoms with E-state index in [0.29, 0.717) is 17.8 Å². The number of hydrogen-bond donors (Lipinski definition) is 1. The lowest BCUT2D eigenvalue weighted by Crippen LogP contribution is -2.24. The highest BCUT2D eigenvalue weighted by Crippen LogP contribution is 2.33. The summed E-state index contributed by atoms with van der Waals surface area (Å²) < 4.78 is 20.2. The number of aromatic nitrogens is 2. The van der Waals surface area contributed by atoms with Gasteiger partial charge in [-0.1, -0.05) is 19.1 Å². The number of ether oxygens (including phenoxy) is 1. The molecule has 2 aliphatic heterocycles. The molecular weight excluding hydrogens is 371 g/mol. The van der Waals surface area contributed by atoms with E-state index in [0.717, 1.165) is 36.6 Å². The molecule has 1 N–H and O–H groups in total. The third-order valence-electron chi connectivity index (χ3n) is 5.62. The van der Waals surface area contributed by atoms with Crippen molar-refractivity contribution in [2.75, 3.05) is 16.3 Å². The first kappa shape index (κ1) is 17.7. The standard InChI is InChI=1S/C22H21FN4O2/c1-2-18-13-27(22(28)29-18)17-5-6-19(20(23)10-17)14-3-4-15-11-26(12-16(15)9-14)21-24-7-8-25-21/h3-10,18H,2,11-13H2,1H3,(H,24,25)/t18-/m0/s1. The Labute approximate surface area is 167 Å². The zero-order valence-corrected chi connectivity index (χ0v) is 16.1. The molecule has 1 fully saturated rings. The molecule has 29 heavy (non-hydrogen) atoms. The molecule has 1 saturated heterocycles. The number of hydrogen-bond acceptors (Lipinski definition) is 4. The van der Waals surface area contributed by atoms with Crippen molar-refractivity contribution in [2.24, 2.45) is 0 Å². The van der Waals surface area contributed by atoms with Crippen LogP contribution in [-0.4, -0.2) is 28.7 Å². The Hall–Kier alpha value is -3.35. The highest BCUT2D eigenvalue weighted by atomic mass is 19.1. The summed E-state index contributed by atoms with van der Waals surface area (Å²) in [5, 5.41) is 0. The summed E-state index contributed by atoms with van der Waals surface area (Å²) in [4.78, 5) is 23.1. The van der Waals surface area contributed by atoms with E-state index >= 15 is 0 Å².